The highest BCUT2D eigenvalue weighted by atomic mass is 16.5. The van der Waals surface area contributed by atoms with E-state index in [2.05, 4.69) is 6.07 Å². The second-order valence-corrected chi connectivity index (χ2v) is 2.46. The third kappa shape index (κ3) is 6.14. The molecule has 0 aromatic rings. The van der Waals surface area contributed by atoms with Gasteiger partial charge in [-0.25, -0.2) is 0 Å². The van der Waals surface area contributed by atoms with Crippen molar-refractivity contribution in [3.8, 4) is 6.07 Å². The van der Waals surface area contributed by atoms with Crippen LogP contribution in [0, 0.1) is 11.3 Å². The molecule has 1 unspecified atom stereocenters. The number of rotatable bonds is 7. The average Bonchev–Trinajstić information content (AvgIpc) is 2.10. The lowest BCUT2D eigenvalue weighted by molar-refractivity contribution is 0.00814. The van der Waals surface area contributed by atoms with Crippen LogP contribution in [0.4, 0.5) is 0 Å². The molecule has 0 N–H and O–H groups in total. The van der Waals surface area contributed by atoms with Gasteiger partial charge in [-0.3, -0.25) is 0 Å². The molecule has 1 atom stereocenters. The molecule has 0 aliphatic rings. The highest BCUT2D eigenvalue weighted by Gasteiger charge is 2.04. The summed E-state index contributed by atoms with van der Waals surface area (Å²) in [6.45, 7) is 5.90. The summed E-state index contributed by atoms with van der Waals surface area (Å²) >= 11 is 0. The topological polar surface area (TPSA) is 42.2 Å². The zero-order chi connectivity index (χ0) is 9.23. The predicted molar refractivity (Wildman–Crippen MR) is 46.8 cm³/mol. The molecule has 0 aliphatic heterocycles. The lowest BCUT2D eigenvalue weighted by atomic mass is 10.2. The van der Waals surface area contributed by atoms with Crippen molar-refractivity contribution >= 4 is 0 Å². The van der Waals surface area contributed by atoms with Gasteiger partial charge in [0.15, 0.2) is 0 Å². The van der Waals surface area contributed by atoms with Crippen LogP contribution in [-0.4, -0.2) is 25.9 Å². The highest BCUT2D eigenvalue weighted by molar-refractivity contribution is 4.75. The molecule has 0 saturated carbocycles. The Morgan fingerprint density at radius 1 is 1.33 bits per heavy atom. The van der Waals surface area contributed by atoms with Crippen molar-refractivity contribution in [3.63, 3.8) is 0 Å². The van der Waals surface area contributed by atoms with Crippen molar-refractivity contribution in [2.45, 2.75) is 32.8 Å². The molecule has 0 radical (unpaired) electrons. The first-order chi connectivity index (χ1) is 5.85. The molecule has 0 saturated heterocycles. The third-order valence-electron chi connectivity index (χ3n) is 1.56. The van der Waals surface area contributed by atoms with E-state index in [-0.39, 0.29) is 6.10 Å². The van der Waals surface area contributed by atoms with Crippen molar-refractivity contribution in [2.24, 2.45) is 0 Å². The van der Waals surface area contributed by atoms with Gasteiger partial charge in [-0.1, -0.05) is 6.92 Å². The summed E-state index contributed by atoms with van der Waals surface area (Å²) in [4.78, 5) is 0. The minimum atomic E-state index is 0.0791. The number of hydrogen-bond acceptors (Lipinski definition) is 3. The molecular formula is C9H17NO2. The van der Waals surface area contributed by atoms with Crippen molar-refractivity contribution in [3.05, 3.63) is 0 Å². The van der Waals surface area contributed by atoms with Crippen LogP contribution < -0.4 is 0 Å². The Morgan fingerprint density at radius 2 is 2.08 bits per heavy atom. The molecule has 3 nitrogen and oxygen atoms in total. The van der Waals surface area contributed by atoms with Crippen molar-refractivity contribution in [2.75, 3.05) is 19.8 Å². The molecule has 0 spiro atoms. The summed E-state index contributed by atoms with van der Waals surface area (Å²) < 4.78 is 10.5. The van der Waals surface area contributed by atoms with E-state index in [1.165, 1.54) is 0 Å². The largest absolute Gasteiger partial charge is 0.379 e. The van der Waals surface area contributed by atoms with Gasteiger partial charge in [0.25, 0.3) is 0 Å². The lowest BCUT2D eigenvalue weighted by Crippen LogP contribution is -2.14. The van der Waals surface area contributed by atoms with Crippen LogP contribution in [0.1, 0.15) is 26.7 Å². The van der Waals surface area contributed by atoms with Gasteiger partial charge in [-0.05, 0) is 13.3 Å². The van der Waals surface area contributed by atoms with Gasteiger partial charge in [0.05, 0.1) is 31.8 Å². The first-order valence-electron chi connectivity index (χ1n) is 4.41. The fourth-order valence-electron chi connectivity index (χ4n) is 0.841. The molecular weight excluding hydrogens is 154 g/mol. The number of hydrogen-bond donors (Lipinski definition) is 0. The van der Waals surface area contributed by atoms with Crippen LogP contribution in [0.15, 0.2) is 0 Å². The first kappa shape index (κ1) is 11.4. The smallest absolute Gasteiger partial charge is 0.0704 e. The SMILES string of the molecule is CCOCCOC(CC)CC#N. The molecule has 0 aromatic heterocycles. The fraction of sp³-hybridized carbons (Fsp3) is 0.889. The Morgan fingerprint density at radius 3 is 2.58 bits per heavy atom. The second kappa shape index (κ2) is 8.51. The monoisotopic (exact) mass is 171 g/mol. The molecule has 70 valence electrons. The Hall–Kier alpha value is -0.590. The van der Waals surface area contributed by atoms with Crippen molar-refractivity contribution < 1.29 is 9.47 Å². The Balaban J connectivity index is 3.26. The molecule has 3 heteroatoms. The average molecular weight is 171 g/mol. The molecule has 0 aromatic carbocycles. The van der Waals surface area contributed by atoms with Gasteiger partial charge in [0.2, 0.25) is 0 Å². The normalized spacial score (nSPS) is 12.4. The summed E-state index contributed by atoms with van der Waals surface area (Å²) in [6.07, 6.45) is 1.44. The maximum atomic E-state index is 8.41. The molecule has 0 amide bonds. The van der Waals surface area contributed by atoms with Gasteiger partial charge in [-0.15, -0.1) is 0 Å². The van der Waals surface area contributed by atoms with Crippen LogP contribution in [-0.2, 0) is 9.47 Å². The molecule has 0 fully saturated rings. The summed E-state index contributed by atoms with van der Waals surface area (Å²) in [5.74, 6) is 0. The Kier molecular flexibility index (Phi) is 8.09. The van der Waals surface area contributed by atoms with E-state index >= 15 is 0 Å². The van der Waals surface area contributed by atoms with Gasteiger partial charge in [0, 0.05) is 6.61 Å². The maximum absolute atomic E-state index is 8.41. The summed E-state index contributed by atoms with van der Waals surface area (Å²) in [7, 11) is 0. The van der Waals surface area contributed by atoms with E-state index < -0.39 is 0 Å². The fourth-order valence-corrected chi connectivity index (χ4v) is 0.841. The van der Waals surface area contributed by atoms with Crippen molar-refractivity contribution in [1.29, 1.82) is 5.26 Å². The van der Waals surface area contributed by atoms with Crippen LogP contribution >= 0.6 is 0 Å². The van der Waals surface area contributed by atoms with Crippen molar-refractivity contribution in [1.82, 2.24) is 0 Å². The lowest BCUT2D eigenvalue weighted by Gasteiger charge is -2.11. The molecule has 0 heterocycles. The predicted octanol–water partition coefficient (Wildman–Crippen LogP) is 1.73. The van der Waals surface area contributed by atoms with E-state index in [0.717, 1.165) is 13.0 Å². The van der Waals surface area contributed by atoms with Crippen LogP contribution in [0.3, 0.4) is 0 Å². The number of nitriles is 1. The van der Waals surface area contributed by atoms with Gasteiger partial charge < -0.3 is 9.47 Å². The maximum Gasteiger partial charge on any atom is 0.0704 e. The van der Waals surface area contributed by atoms with Crippen LogP contribution in [0.5, 0.6) is 0 Å². The standard InChI is InChI=1S/C9H17NO2/c1-3-9(5-6-10)12-8-7-11-4-2/h9H,3-5,7-8H2,1-2H3. The highest BCUT2D eigenvalue weighted by Crippen LogP contribution is 2.01. The zero-order valence-corrected chi connectivity index (χ0v) is 7.88. The number of ether oxygens (including phenoxy) is 2. The minimum absolute atomic E-state index is 0.0791. The summed E-state index contributed by atoms with van der Waals surface area (Å²) in [5.41, 5.74) is 0. The Bertz CT molecular complexity index is 131. The third-order valence-corrected chi connectivity index (χ3v) is 1.56. The number of nitrogens with zero attached hydrogens (tertiary/aromatic N) is 1. The zero-order valence-electron chi connectivity index (χ0n) is 7.88. The van der Waals surface area contributed by atoms with E-state index in [1.807, 2.05) is 13.8 Å². The second-order valence-electron chi connectivity index (χ2n) is 2.46. The van der Waals surface area contributed by atoms with Gasteiger partial charge in [-0.2, -0.15) is 5.26 Å². The molecule has 12 heavy (non-hydrogen) atoms. The first-order valence-corrected chi connectivity index (χ1v) is 4.41. The minimum Gasteiger partial charge on any atom is -0.379 e. The van der Waals surface area contributed by atoms with Gasteiger partial charge >= 0.3 is 0 Å². The van der Waals surface area contributed by atoms with Crippen LogP contribution in [0.2, 0.25) is 0 Å². The van der Waals surface area contributed by atoms with Gasteiger partial charge in [0.1, 0.15) is 0 Å². The molecule has 0 aliphatic carbocycles. The summed E-state index contributed by atoms with van der Waals surface area (Å²) in [6, 6.07) is 2.09. The summed E-state index contributed by atoms with van der Waals surface area (Å²) in [5, 5.41) is 8.41. The van der Waals surface area contributed by atoms with E-state index in [0.29, 0.717) is 19.6 Å². The van der Waals surface area contributed by atoms with E-state index in [4.69, 9.17) is 14.7 Å². The van der Waals surface area contributed by atoms with E-state index in [1.54, 1.807) is 0 Å². The quantitative estimate of drug-likeness (QED) is 0.548. The van der Waals surface area contributed by atoms with Crippen LogP contribution in [0.25, 0.3) is 0 Å². The molecule has 0 rings (SSSR count). The van der Waals surface area contributed by atoms with E-state index in [9.17, 15) is 0 Å². The molecule has 0 bridgehead atoms. The Labute approximate surface area is 74.3 Å².